The molecule has 0 saturated heterocycles. The van der Waals surface area contributed by atoms with Crippen LogP contribution in [-0.4, -0.2) is 63.5 Å². The number of sulfonamides is 1. The number of rotatable bonds is 11. The molecule has 11 nitrogen and oxygen atoms in total. The minimum Gasteiger partial charge on any atom is -0.478 e. The molecule has 0 unspecified atom stereocenters. The fourth-order valence-electron chi connectivity index (χ4n) is 3.98. The van der Waals surface area contributed by atoms with Gasteiger partial charge in [0.2, 0.25) is 0 Å². The van der Waals surface area contributed by atoms with E-state index in [0.717, 1.165) is 11.9 Å². The Morgan fingerprint density at radius 2 is 1.64 bits per heavy atom. The third kappa shape index (κ3) is 9.52. The normalized spacial score (nSPS) is 12.7. The van der Waals surface area contributed by atoms with Crippen LogP contribution in [0.1, 0.15) is 42.3 Å². The molecule has 1 aromatic heterocycles. The summed E-state index contributed by atoms with van der Waals surface area (Å²) in [5, 5.41) is 30.5. The Bertz CT molecular complexity index is 1710. The second-order valence-corrected chi connectivity index (χ2v) is 12.0. The van der Waals surface area contributed by atoms with Gasteiger partial charge in [-0.1, -0.05) is 30.3 Å². The van der Waals surface area contributed by atoms with E-state index in [1.807, 2.05) is 18.4 Å². The predicted octanol–water partition coefficient (Wildman–Crippen LogP) is 4.66. The van der Waals surface area contributed by atoms with Crippen LogP contribution in [-0.2, 0) is 21.4 Å². The number of aromatic carboxylic acids is 1. The average Bonchev–Trinajstić information content (AvgIpc) is 3.37. The molecule has 1 atom stereocenters. The topological polar surface area (TPSA) is 171 Å². The summed E-state index contributed by atoms with van der Waals surface area (Å²) in [6.07, 6.45) is -3.50. The van der Waals surface area contributed by atoms with Crippen molar-refractivity contribution >= 4 is 38.7 Å². The highest BCUT2D eigenvalue weighted by molar-refractivity contribution is 7.92. The van der Waals surface area contributed by atoms with Gasteiger partial charge in [-0.2, -0.15) is 13.2 Å². The fraction of sp³-hybridized carbons (Fsp3) is 0.276. The lowest BCUT2D eigenvalue weighted by Gasteiger charge is -2.28. The molecule has 0 saturated carbocycles. The van der Waals surface area contributed by atoms with E-state index in [1.165, 1.54) is 12.1 Å². The lowest BCUT2D eigenvalue weighted by molar-refractivity contribution is -0.192. The second kappa shape index (κ2) is 13.9. The molecule has 0 fully saturated rings. The summed E-state index contributed by atoms with van der Waals surface area (Å²) in [4.78, 5) is 24.6. The number of aliphatic hydroxyl groups is 1. The lowest BCUT2D eigenvalue weighted by Crippen LogP contribution is -2.42. The molecule has 0 bridgehead atoms. The number of aliphatic carboxylic acids is 1. The first-order valence-corrected chi connectivity index (χ1v) is 14.6. The number of halogens is 3. The second-order valence-electron chi connectivity index (χ2n) is 10.3. The standard InChI is InChI=1S/C27H30N4O5S.C2HF3O2/c1-27(2,13-14-31-18-28-23-16-20(26(33)34)11-12-24(23)31)29-17-25(32)19-7-6-8-21(15-19)30-37(35,36)22-9-4-3-5-10-22;3-2(4,5)1(6)7/h3-12,15-16,18,25,29-30,32H,13-14,17H2,1-2H3,(H,33,34);(H,6,7)/t25-;/m0./s1. The first kappa shape index (κ1) is 34.0. The molecule has 236 valence electrons. The smallest absolute Gasteiger partial charge is 0.478 e. The number of alkyl halides is 3. The van der Waals surface area contributed by atoms with Gasteiger partial charge in [-0.3, -0.25) is 4.72 Å². The largest absolute Gasteiger partial charge is 0.490 e. The minimum absolute atomic E-state index is 0.164. The summed E-state index contributed by atoms with van der Waals surface area (Å²) < 4.78 is 61.5. The van der Waals surface area contributed by atoms with E-state index in [0.29, 0.717) is 23.3 Å². The van der Waals surface area contributed by atoms with Crippen molar-refractivity contribution in [3.63, 3.8) is 0 Å². The van der Waals surface area contributed by atoms with Crippen LogP contribution in [0.25, 0.3) is 11.0 Å². The number of carboxylic acid groups (broad SMARTS) is 2. The van der Waals surface area contributed by atoms with Gasteiger partial charge >= 0.3 is 18.1 Å². The Morgan fingerprint density at radius 3 is 2.25 bits per heavy atom. The maximum atomic E-state index is 12.6. The number of fused-ring (bicyclic) bond motifs is 1. The molecule has 0 aliphatic rings. The van der Waals surface area contributed by atoms with Crippen molar-refractivity contribution in [3.8, 4) is 0 Å². The van der Waals surface area contributed by atoms with E-state index in [9.17, 15) is 31.5 Å². The minimum atomic E-state index is -5.08. The monoisotopic (exact) mass is 636 g/mol. The summed E-state index contributed by atoms with van der Waals surface area (Å²) >= 11 is 0. The molecule has 0 aliphatic carbocycles. The number of nitrogens with zero attached hydrogens (tertiary/aromatic N) is 2. The number of aromatic nitrogens is 2. The molecule has 5 N–H and O–H groups in total. The van der Waals surface area contributed by atoms with Crippen molar-refractivity contribution in [2.24, 2.45) is 0 Å². The SMILES string of the molecule is CC(C)(CCn1cnc2cc(C(=O)O)ccc21)NC[C@H](O)c1cccc(NS(=O)(=O)c2ccccc2)c1.O=C(O)C(F)(F)F. The van der Waals surface area contributed by atoms with Gasteiger partial charge in [0.25, 0.3) is 10.0 Å². The maximum Gasteiger partial charge on any atom is 0.490 e. The van der Waals surface area contributed by atoms with Crippen LogP contribution in [0.2, 0.25) is 0 Å². The van der Waals surface area contributed by atoms with Crippen LogP contribution in [0.5, 0.6) is 0 Å². The number of carbonyl (C=O) groups is 2. The number of anilines is 1. The lowest BCUT2D eigenvalue weighted by atomic mass is 9.99. The third-order valence-electron chi connectivity index (χ3n) is 6.44. The Morgan fingerprint density at radius 1 is 0.977 bits per heavy atom. The Hall–Kier alpha value is -4.47. The van der Waals surface area contributed by atoms with Crippen molar-refractivity contribution in [2.45, 2.75) is 49.5 Å². The number of benzene rings is 3. The molecule has 0 aliphatic heterocycles. The quantitative estimate of drug-likeness (QED) is 0.157. The molecular formula is C29H31F3N4O7S. The van der Waals surface area contributed by atoms with Crippen LogP contribution < -0.4 is 10.0 Å². The Labute approximate surface area is 251 Å². The van der Waals surface area contributed by atoms with Crippen LogP contribution in [0.15, 0.2) is 84.0 Å². The molecule has 1 heterocycles. The molecule has 15 heteroatoms. The summed E-state index contributed by atoms with van der Waals surface area (Å²) in [6.45, 7) is 4.99. The predicted molar refractivity (Wildman–Crippen MR) is 156 cm³/mol. The molecule has 4 aromatic rings. The number of carboxylic acids is 2. The summed E-state index contributed by atoms with van der Waals surface area (Å²) in [7, 11) is -3.73. The van der Waals surface area contributed by atoms with E-state index >= 15 is 0 Å². The zero-order chi connectivity index (χ0) is 32.7. The summed E-state index contributed by atoms with van der Waals surface area (Å²) in [5.74, 6) is -3.74. The molecular weight excluding hydrogens is 605 g/mol. The number of β-amino-alcohol motifs (C(OH)–C–C–N with tert-alkyl or cyclic N) is 1. The van der Waals surface area contributed by atoms with Gasteiger partial charge in [0.1, 0.15) is 0 Å². The van der Waals surface area contributed by atoms with Crippen molar-refractivity contribution in [3.05, 3.63) is 90.3 Å². The summed E-state index contributed by atoms with van der Waals surface area (Å²) in [5.41, 5.74) is 2.32. The molecule has 0 amide bonds. The number of aliphatic hydroxyl groups excluding tert-OH is 1. The first-order valence-electron chi connectivity index (χ1n) is 13.1. The Balaban J connectivity index is 0.000000676. The molecule has 44 heavy (non-hydrogen) atoms. The van der Waals surface area contributed by atoms with Gasteiger partial charge in [0, 0.05) is 24.3 Å². The third-order valence-corrected chi connectivity index (χ3v) is 7.84. The number of aryl methyl sites for hydroxylation is 1. The average molecular weight is 637 g/mol. The molecule has 0 spiro atoms. The fourth-order valence-corrected chi connectivity index (χ4v) is 5.05. The highest BCUT2D eigenvalue weighted by atomic mass is 32.2. The number of nitrogens with one attached hydrogen (secondary N) is 2. The number of imidazole rings is 1. The zero-order valence-electron chi connectivity index (χ0n) is 23.6. The molecule has 4 rings (SSSR count). The van der Waals surface area contributed by atoms with Gasteiger partial charge in [-0.15, -0.1) is 0 Å². The van der Waals surface area contributed by atoms with Gasteiger partial charge < -0.3 is 25.2 Å². The summed E-state index contributed by atoms with van der Waals surface area (Å²) in [6, 6.07) is 19.7. The van der Waals surface area contributed by atoms with E-state index in [4.69, 9.17) is 15.0 Å². The van der Waals surface area contributed by atoms with Crippen molar-refractivity contribution < 1.29 is 46.5 Å². The number of hydrogen-bond acceptors (Lipinski definition) is 7. The van der Waals surface area contributed by atoms with Crippen LogP contribution in [0.4, 0.5) is 18.9 Å². The van der Waals surface area contributed by atoms with Gasteiger partial charge in [-0.05, 0) is 68.3 Å². The van der Waals surface area contributed by atoms with Crippen molar-refractivity contribution in [2.75, 3.05) is 11.3 Å². The van der Waals surface area contributed by atoms with Crippen LogP contribution >= 0.6 is 0 Å². The first-order chi connectivity index (χ1) is 20.5. The Kier molecular flexibility index (Phi) is 10.7. The van der Waals surface area contributed by atoms with Gasteiger partial charge in [-0.25, -0.2) is 23.0 Å². The highest BCUT2D eigenvalue weighted by Gasteiger charge is 2.38. The number of hydrogen-bond donors (Lipinski definition) is 5. The van der Waals surface area contributed by atoms with Crippen molar-refractivity contribution in [1.29, 1.82) is 0 Å². The van der Waals surface area contributed by atoms with Crippen LogP contribution in [0.3, 0.4) is 0 Å². The van der Waals surface area contributed by atoms with Crippen molar-refractivity contribution in [1.82, 2.24) is 14.9 Å². The van der Waals surface area contributed by atoms with E-state index in [-0.39, 0.29) is 22.5 Å². The van der Waals surface area contributed by atoms with Gasteiger partial charge in [0.05, 0.1) is 33.9 Å². The highest BCUT2D eigenvalue weighted by Crippen LogP contribution is 2.22. The van der Waals surface area contributed by atoms with E-state index in [2.05, 4.69) is 15.0 Å². The van der Waals surface area contributed by atoms with Gasteiger partial charge in [0.15, 0.2) is 0 Å². The zero-order valence-corrected chi connectivity index (χ0v) is 24.4. The van der Waals surface area contributed by atoms with Crippen LogP contribution in [0, 0.1) is 0 Å². The van der Waals surface area contributed by atoms with E-state index in [1.54, 1.807) is 67.0 Å². The maximum absolute atomic E-state index is 12.6. The molecule has 0 radical (unpaired) electrons. The van der Waals surface area contributed by atoms with E-state index < -0.39 is 34.2 Å². The molecule has 3 aromatic carbocycles.